The number of hydrogen-bond donors (Lipinski definition) is 1. The van der Waals surface area contributed by atoms with Crippen molar-refractivity contribution in [2.45, 2.75) is 6.54 Å². The quantitative estimate of drug-likeness (QED) is 0.918. The minimum Gasteiger partial charge on any atom is -0.484 e. The molecule has 0 saturated heterocycles. The third-order valence-electron chi connectivity index (χ3n) is 3.11. The molecule has 0 atom stereocenters. The Hall–Kier alpha value is -2.40. The van der Waals surface area contributed by atoms with Gasteiger partial charge in [0, 0.05) is 13.6 Å². The van der Waals surface area contributed by atoms with Crippen molar-refractivity contribution in [2.24, 2.45) is 5.73 Å². The Bertz CT molecular complexity index is 614. The van der Waals surface area contributed by atoms with E-state index >= 15 is 0 Å². The lowest BCUT2D eigenvalue weighted by Gasteiger charge is -2.18. The van der Waals surface area contributed by atoms with E-state index in [1.807, 2.05) is 12.1 Å². The van der Waals surface area contributed by atoms with Crippen LogP contribution in [0.3, 0.4) is 0 Å². The fourth-order valence-electron chi connectivity index (χ4n) is 1.82. The Labute approximate surface area is 122 Å². The van der Waals surface area contributed by atoms with Gasteiger partial charge < -0.3 is 15.4 Å². The lowest BCUT2D eigenvalue weighted by molar-refractivity contribution is -0.120. The summed E-state index contributed by atoms with van der Waals surface area (Å²) in [7, 11) is 1.52. The van der Waals surface area contributed by atoms with Gasteiger partial charge in [-0.2, -0.15) is 0 Å². The van der Waals surface area contributed by atoms with Crippen LogP contribution in [0.1, 0.15) is 5.56 Å². The van der Waals surface area contributed by atoms with E-state index in [0.717, 1.165) is 5.56 Å². The summed E-state index contributed by atoms with van der Waals surface area (Å²) in [5.41, 5.74) is 6.71. The lowest BCUT2D eigenvalue weighted by atomic mass is 10.2. The minimum absolute atomic E-state index is 0.160. The van der Waals surface area contributed by atoms with E-state index in [1.165, 1.54) is 18.0 Å². The number of rotatable bonds is 5. The number of carbonyl (C=O) groups is 1. The van der Waals surface area contributed by atoms with Gasteiger partial charge in [0.1, 0.15) is 11.6 Å². The number of likely N-dealkylation sites (N-methyl/N-ethyl adjacent to an activating group) is 1. The van der Waals surface area contributed by atoms with Crippen LogP contribution < -0.4 is 15.4 Å². The smallest absolute Gasteiger partial charge is 0.264 e. The summed E-state index contributed by atoms with van der Waals surface area (Å²) in [5, 5.41) is 0. The predicted molar refractivity (Wildman–Crippen MR) is 79.6 cm³/mol. The topological polar surface area (TPSA) is 55.6 Å². The molecule has 0 spiro atoms. The molecule has 110 valence electrons. The molecule has 2 N–H and O–H groups in total. The summed E-state index contributed by atoms with van der Waals surface area (Å²) in [4.78, 5) is 13.2. The van der Waals surface area contributed by atoms with Gasteiger partial charge in [0.2, 0.25) is 0 Å². The molecular weight excluding hydrogens is 271 g/mol. The molecule has 0 aliphatic rings. The summed E-state index contributed by atoms with van der Waals surface area (Å²) in [6.07, 6.45) is 0. The maximum atomic E-state index is 13.6. The maximum absolute atomic E-state index is 13.6. The van der Waals surface area contributed by atoms with E-state index in [4.69, 9.17) is 10.5 Å². The Kier molecular flexibility index (Phi) is 4.90. The molecular formula is C16H17FN2O2. The zero-order valence-electron chi connectivity index (χ0n) is 11.8. The Morgan fingerprint density at radius 2 is 1.86 bits per heavy atom. The number of carbonyl (C=O) groups excluding carboxylic acids is 1. The summed E-state index contributed by atoms with van der Waals surface area (Å²) in [5.74, 6) is -0.203. The van der Waals surface area contributed by atoms with Gasteiger partial charge in [-0.05, 0) is 29.8 Å². The van der Waals surface area contributed by atoms with E-state index in [9.17, 15) is 9.18 Å². The van der Waals surface area contributed by atoms with Gasteiger partial charge in [0.05, 0.1) is 5.69 Å². The largest absolute Gasteiger partial charge is 0.484 e. The van der Waals surface area contributed by atoms with E-state index in [0.29, 0.717) is 12.3 Å². The van der Waals surface area contributed by atoms with Crippen LogP contribution in [-0.2, 0) is 11.3 Å². The normalized spacial score (nSPS) is 10.2. The molecule has 2 rings (SSSR count). The minimum atomic E-state index is -0.444. The zero-order valence-corrected chi connectivity index (χ0v) is 11.8. The second-order valence-corrected chi connectivity index (χ2v) is 4.54. The number of anilines is 1. The monoisotopic (exact) mass is 288 g/mol. The molecule has 0 heterocycles. The number of nitrogens with zero attached hydrogens (tertiary/aromatic N) is 1. The highest BCUT2D eigenvalue weighted by Gasteiger charge is 2.14. The SMILES string of the molecule is CN(C(=O)COc1ccc(CN)cc1)c1ccccc1F. The van der Waals surface area contributed by atoms with E-state index in [1.54, 1.807) is 30.3 Å². The van der Waals surface area contributed by atoms with Crippen molar-refractivity contribution in [2.75, 3.05) is 18.6 Å². The third kappa shape index (κ3) is 3.79. The molecule has 0 aromatic heterocycles. The van der Waals surface area contributed by atoms with Crippen LogP contribution in [0.2, 0.25) is 0 Å². The number of ether oxygens (including phenoxy) is 1. The molecule has 2 aromatic rings. The number of para-hydroxylation sites is 1. The first-order chi connectivity index (χ1) is 10.1. The standard InChI is InChI=1S/C16H17FN2O2/c1-19(15-5-3-2-4-14(15)17)16(20)11-21-13-8-6-12(10-18)7-9-13/h2-9H,10-11,18H2,1H3. The van der Waals surface area contributed by atoms with Gasteiger partial charge in [-0.25, -0.2) is 4.39 Å². The highest BCUT2D eigenvalue weighted by molar-refractivity contribution is 5.94. The third-order valence-corrected chi connectivity index (χ3v) is 3.11. The maximum Gasteiger partial charge on any atom is 0.264 e. The molecule has 2 aromatic carbocycles. The fraction of sp³-hybridized carbons (Fsp3) is 0.188. The molecule has 5 heteroatoms. The van der Waals surface area contributed by atoms with Crippen LogP contribution in [0, 0.1) is 5.82 Å². The van der Waals surface area contributed by atoms with E-state index < -0.39 is 5.82 Å². The average Bonchev–Trinajstić information content (AvgIpc) is 2.53. The van der Waals surface area contributed by atoms with Crippen molar-refractivity contribution in [1.29, 1.82) is 0 Å². The van der Waals surface area contributed by atoms with Crippen LogP contribution >= 0.6 is 0 Å². The van der Waals surface area contributed by atoms with Gasteiger partial charge in [0.15, 0.2) is 6.61 Å². The van der Waals surface area contributed by atoms with Crippen LogP contribution in [0.15, 0.2) is 48.5 Å². The van der Waals surface area contributed by atoms with Gasteiger partial charge in [-0.1, -0.05) is 24.3 Å². The lowest BCUT2D eigenvalue weighted by Crippen LogP contribution is -2.31. The van der Waals surface area contributed by atoms with Crippen molar-refractivity contribution < 1.29 is 13.9 Å². The predicted octanol–water partition coefficient (Wildman–Crippen LogP) is 2.33. The second kappa shape index (κ2) is 6.85. The van der Waals surface area contributed by atoms with Gasteiger partial charge in [0.25, 0.3) is 5.91 Å². The zero-order chi connectivity index (χ0) is 15.2. The van der Waals surface area contributed by atoms with Crippen LogP contribution in [-0.4, -0.2) is 19.6 Å². The fourth-order valence-corrected chi connectivity index (χ4v) is 1.82. The van der Waals surface area contributed by atoms with Crippen LogP contribution in [0.5, 0.6) is 5.75 Å². The van der Waals surface area contributed by atoms with Gasteiger partial charge >= 0.3 is 0 Å². The molecule has 0 fully saturated rings. The average molecular weight is 288 g/mol. The first kappa shape index (κ1) is 15.0. The number of hydrogen-bond acceptors (Lipinski definition) is 3. The number of halogens is 1. The molecule has 0 saturated carbocycles. The first-order valence-corrected chi connectivity index (χ1v) is 6.54. The van der Waals surface area contributed by atoms with Gasteiger partial charge in [-0.3, -0.25) is 4.79 Å². The molecule has 0 unspecified atom stereocenters. The summed E-state index contributed by atoms with van der Waals surface area (Å²) in [6, 6.07) is 13.3. The van der Waals surface area contributed by atoms with Crippen molar-refractivity contribution in [1.82, 2.24) is 0 Å². The molecule has 0 radical (unpaired) electrons. The molecule has 1 amide bonds. The summed E-state index contributed by atoms with van der Waals surface area (Å²) >= 11 is 0. The van der Waals surface area contributed by atoms with Crippen LogP contribution in [0.4, 0.5) is 10.1 Å². The number of nitrogens with two attached hydrogens (primary N) is 1. The Morgan fingerprint density at radius 1 is 1.19 bits per heavy atom. The number of benzene rings is 2. The van der Waals surface area contributed by atoms with Crippen molar-refractivity contribution in [3.8, 4) is 5.75 Å². The van der Waals surface area contributed by atoms with E-state index in [2.05, 4.69) is 0 Å². The molecule has 4 nitrogen and oxygen atoms in total. The van der Waals surface area contributed by atoms with Gasteiger partial charge in [-0.15, -0.1) is 0 Å². The highest BCUT2D eigenvalue weighted by atomic mass is 19.1. The van der Waals surface area contributed by atoms with Crippen molar-refractivity contribution >= 4 is 11.6 Å². The van der Waals surface area contributed by atoms with Crippen LogP contribution in [0.25, 0.3) is 0 Å². The molecule has 0 aliphatic carbocycles. The number of amides is 1. The summed E-state index contributed by atoms with van der Waals surface area (Å²) < 4.78 is 19.0. The summed E-state index contributed by atoms with van der Waals surface area (Å²) in [6.45, 7) is 0.294. The Balaban J connectivity index is 1.96. The molecule has 21 heavy (non-hydrogen) atoms. The molecule has 0 bridgehead atoms. The first-order valence-electron chi connectivity index (χ1n) is 6.54. The van der Waals surface area contributed by atoms with E-state index in [-0.39, 0.29) is 18.2 Å². The molecule has 0 aliphatic heterocycles. The highest BCUT2D eigenvalue weighted by Crippen LogP contribution is 2.18. The van der Waals surface area contributed by atoms with Crippen molar-refractivity contribution in [3.05, 3.63) is 59.9 Å². The van der Waals surface area contributed by atoms with Crippen molar-refractivity contribution in [3.63, 3.8) is 0 Å². The Morgan fingerprint density at radius 3 is 2.48 bits per heavy atom. The second-order valence-electron chi connectivity index (χ2n) is 4.54.